The molecule has 2 nitrogen and oxygen atoms in total. The molecule has 0 atom stereocenters. The van der Waals surface area contributed by atoms with Gasteiger partial charge in [-0.05, 0) is 71.0 Å². The molecule has 0 aliphatic rings. The van der Waals surface area contributed by atoms with Crippen LogP contribution in [0.25, 0.3) is 10.8 Å². The topological polar surface area (TPSA) is 18.5 Å². The fourth-order valence-corrected chi connectivity index (χ4v) is 4.19. The van der Waals surface area contributed by atoms with Gasteiger partial charge in [-0.1, -0.05) is 66.7 Å². The number of benzene rings is 4. The van der Waals surface area contributed by atoms with Crippen LogP contribution in [0.15, 0.2) is 78.9 Å². The second-order valence-electron chi connectivity index (χ2n) is 8.89. The zero-order valence-electron chi connectivity index (χ0n) is 20.1. The highest BCUT2D eigenvalue weighted by molar-refractivity contribution is 5.84. The summed E-state index contributed by atoms with van der Waals surface area (Å²) in [5, 5.41) is 1.46. The van der Waals surface area contributed by atoms with Gasteiger partial charge in [-0.2, -0.15) is 13.2 Å². The van der Waals surface area contributed by atoms with Gasteiger partial charge in [0.2, 0.25) is 0 Å². The fraction of sp³-hybridized carbons (Fsp3) is 0.267. The number of rotatable bonds is 10. The van der Waals surface area contributed by atoms with Gasteiger partial charge in [-0.3, -0.25) is 0 Å². The molecule has 0 spiro atoms. The molecule has 6 heteroatoms. The first-order chi connectivity index (χ1) is 17.3. The summed E-state index contributed by atoms with van der Waals surface area (Å²) in [4.78, 5) is 0. The van der Waals surface area contributed by atoms with Crippen LogP contribution in [0, 0.1) is 5.82 Å². The summed E-state index contributed by atoms with van der Waals surface area (Å²) in [6.45, 7) is -0.719. The van der Waals surface area contributed by atoms with Crippen LogP contribution in [0.2, 0.25) is 0 Å². The Hall–Kier alpha value is -3.38. The molecule has 0 N–H and O–H groups in total. The van der Waals surface area contributed by atoms with Gasteiger partial charge in [0.15, 0.2) is 6.61 Å². The Balaban J connectivity index is 1.36. The summed E-state index contributed by atoms with van der Waals surface area (Å²) >= 11 is 0. The molecular formula is C30H28F4O2. The molecular weight excluding hydrogens is 468 g/mol. The van der Waals surface area contributed by atoms with E-state index in [1.54, 1.807) is 19.2 Å². The number of methoxy groups -OCH3 is 1. The molecule has 0 radical (unpaired) electrons. The second kappa shape index (κ2) is 11.6. The van der Waals surface area contributed by atoms with E-state index in [1.807, 2.05) is 30.3 Å². The molecule has 0 aliphatic carbocycles. The van der Waals surface area contributed by atoms with E-state index < -0.39 is 12.8 Å². The molecule has 4 aromatic rings. The quantitative estimate of drug-likeness (QED) is 0.210. The van der Waals surface area contributed by atoms with Crippen LogP contribution in [0.1, 0.15) is 27.8 Å². The standard InChI is InChI=1S/C30H28F4O2/c1-35-19-24-6-3-21(4-7-24)2-5-23-11-17-28-26(18-23)14-13-25(29(28)31)12-8-22-9-15-27(16-10-22)36-20-30(32,33)34/h3-4,6-7,9-11,13-18H,2,5,8,12,19-20H2,1H3. The molecule has 0 bridgehead atoms. The van der Waals surface area contributed by atoms with Crippen LogP contribution < -0.4 is 4.74 Å². The first-order valence-electron chi connectivity index (χ1n) is 11.9. The lowest BCUT2D eigenvalue weighted by Gasteiger charge is -2.11. The largest absolute Gasteiger partial charge is 0.484 e. The van der Waals surface area contributed by atoms with Gasteiger partial charge in [0, 0.05) is 12.5 Å². The monoisotopic (exact) mass is 496 g/mol. The summed E-state index contributed by atoms with van der Waals surface area (Å²) < 4.78 is 61.9. The van der Waals surface area contributed by atoms with Crippen molar-refractivity contribution in [1.82, 2.24) is 0 Å². The van der Waals surface area contributed by atoms with Crippen LogP contribution in [0.3, 0.4) is 0 Å². The second-order valence-corrected chi connectivity index (χ2v) is 8.89. The van der Waals surface area contributed by atoms with Gasteiger partial charge in [0.25, 0.3) is 0 Å². The van der Waals surface area contributed by atoms with Gasteiger partial charge in [-0.15, -0.1) is 0 Å². The Morgan fingerprint density at radius 2 is 1.25 bits per heavy atom. The van der Waals surface area contributed by atoms with Crippen molar-refractivity contribution in [3.8, 4) is 5.75 Å². The predicted molar refractivity (Wildman–Crippen MR) is 134 cm³/mol. The van der Waals surface area contributed by atoms with Crippen molar-refractivity contribution in [2.75, 3.05) is 13.7 Å². The van der Waals surface area contributed by atoms with Crippen molar-refractivity contribution in [2.24, 2.45) is 0 Å². The zero-order chi connectivity index (χ0) is 25.5. The predicted octanol–water partition coefficient (Wildman–Crippen LogP) is 7.64. The molecule has 188 valence electrons. The number of aryl methyl sites for hydroxylation is 4. The van der Waals surface area contributed by atoms with Crippen LogP contribution in [-0.4, -0.2) is 19.9 Å². The van der Waals surface area contributed by atoms with E-state index in [4.69, 9.17) is 9.47 Å². The summed E-state index contributed by atoms with van der Waals surface area (Å²) in [6.07, 6.45) is -1.54. The molecule has 0 saturated heterocycles. The maximum atomic E-state index is 15.2. The van der Waals surface area contributed by atoms with Gasteiger partial charge in [0.1, 0.15) is 11.6 Å². The molecule has 0 saturated carbocycles. The van der Waals surface area contributed by atoms with E-state index in [0.717, 1.165) is 34.9 Å². The van der Waals surface area contributed by atoms with Gasteiger partial charge in [0.05, 0.1) is 6.61 Å². The van der Waals surface area contributed by atoms with Gasteiger partial charge in [-0.25, -0.2) is 4.39 Å². The minimum Gasteiger partial charge on any atom is -0.484 e. The lowest BCUT2D eigenvalue weighted by atomic mass is 9.97. The highest BCUT2D eigenvalue weighted by Gasteiger charge is 2.28. The number of hydrogen-bond acceptors (Lipinski definition) is 2. The minimum absolute atomic E-state index is 0.159. The highest BCUT2D eigenvalue weighted by atomic mass is 19.4. The Bertz CT molecular complexity index is 1280. The molecule has 0 amide bonds. The summed E-state index contributed by atoms with van der Waals surface area (Å²) in [5.74, 6) is -0.0650. The average molecular weight is 497 g/mol. The van der Waals surface area contributed by atoms with Crippen molar-refractivity contribution < 1.29 is 27.0 Å². The number of fused-ring (bicyclic) bond motifs is 1. The molecule has 4 aromatic carbocycles. The van der Waals surface area contributed by atoms with Crippen LogP contribution in [0.5, 0.6) is 5.75 Å². The third kappa shape index (κ3) is 7.08. The maximum absolute atomic E-state index is 15.2. The van der Waals surface area contributed by atoms with Crippen LogP contribution in [-0.2, 0) is 37.0 Å². The van der Waals surface area contributed by atoms with Gasteiger partial charge < -0.3 is 9.47 Å². The van der Waals surface area contributed by atoms with Crippen molar-refractivity contribution in [3.63, 3.8) is 0 Å². The summed E-state index contributed by atoms with van der Waals surface area (Å²) in [6, 6.07) is 24.5. The first kappa shape index (κ1) is 25.7. The van der Waals surface area contributed by atoms with Crippen molar-refractivity contribution in [2.45, 2.75) is 38.5 Å². The Labute approximate surface area is 208 Å². The Kier molecular flexibility index (Phi) is 8.26. The first-order valence-corrected chi connectivity index (χ1v) is 11.9. The van der Waals surface area contributed by atoms with Crippen LogP contribution in [0.4, 0.5) is 17.6 Å². The fourth-order valence-electron chi connectivity index (χ4n) is 4.19. The highest BCUT2D eigenvalue weighted by Crippen LogP contribution is 2.25. The zero-order valence-corrected chi connectivity index (χ0v) is 20.1. The molecule has 0 unspecified atom stereocenters. The molecule has 36 heavy (non-hydrogen) atoms. The van der Waals surface area contributed by atoms with E-state index in [1.165, 1.54) is 17.7 Å². The number of hydrogen-bond donors (Lipinski definition) is 0. The van der Waals surface area contributed by atoms with E-state index in [9.17, 15) is 13.2 Å². The van der Waals surface area contributed by atoms with E-state index in [-0.39, 0.29) is 11.6 Å². The number of halogens is 4. The molecule has 4 rings (SSSR count). The minimum atomic E-state index is -4.37. The van der Waals surface area contributed by atoms with Crippen molar-refractivity contribution >= 4 is 10.8 Å². The molecule has 0 aromatic heterocycles. The lowest BCUT2D eigenvalue weighted by Crippen LogP contribution is -2.19. The maximum Gasteiger partial charge on any atom is 0.422 e. The van der Waals surface area contributed by atoms with E-state index in [0.29, 0.717) is 30.4 Å². The Morgan fingerprint density at radius 1 is 0.667 bits per heavy atom. The third-order valence-corrected chi connectivity index (χ3v) is 6.14. The van der Waals surface area contributed by atoms with Crippen molar-refractivity contribution in [1.29, 1.82) is 0 Å². The third-order valence-electron chi connectivity index (χ3n) is 6.14. The molecule has 0 aliphatic heterocycles. The molecule has 0 fully saturated rings. The van der Waals surface area contributed by atoms with Crippen LogP contribution >= 0.6 is 0 Å². The smallest absolute Gasteiger partial charge is 0.422 e. The summed E-state index contributed by atoms with van der Waals surface area (Å²) in [7, 11) is 1.68. The summed E-state index contributed by atoms with van der Waals surface area (Å²) in [5.41, 5.74) is 5.06. The number of alkyl halides is 3. The van der Waals surface area contributed by atoms with E-state index in [2.05, 4.69) is 24.3 Å². The average Bonchev–Trinajstić information content (AvgIpc) is 2.87. The van der Waals surface area contributed by atoms with Gasteiger partial charge >= 0.3 is 6.18 Å². The Morgan fingerprint density at radius 3 is 1.92 bits per heavy atom. The van der Waals surface area contributed by atoms with Crippen molar-refractivity contribution in [3.05, 3.63) is 112 Å². The lowest BCUT2D eigenvalue weighted by molar-refractivity contribution is -0.153. The SMILES string of the molecule is COCc1ccc(CCc2ccc3c(F)c(CCc4ccc(OCC(F)(F)F)cc4)ccc3c2)cc1. The number of ether oxygens (including phenoxy) is 2. The van der Waals surface area contributed by atoms with E-state index >= 15 is 4.39 Å². The normalized spacial score (nSPS) is 11.7. The molecule has 0 heterocycles.